The number of nitrogen functional groups attached to an aromatic ring is 1. The second-order valence-corrected chi connectivity index (χ2v) is 4.37. The van der Waals surface area contributed by atoms with Crippen LogP contribution in [0.15, 0.2) is 22.6 Å². The third kappa shape index (κ3) is 3.37. The van der Waals surface area contributed by atoms with Gasteiger partial charge in [0.1, 0.15) is 23.2 Å². The fraction of sp³-hybridized carbons (Fsp3) is 0.385. The zero-order valence-corrected chi connectivity index (χ0v) is 11.5. The molecule has 3 N–H and O–H groups in total. The lowest BCUT2D eigenvalue weighted by molar-refractivity contribution is 0.481. The molecule has 0 spiro atoms. The zero-order chi connectivity index (χ0) is 13.8. The molecule has 0 atom stereocenters. The van der Waals surface area contributed by atoms with Crippen LogP contribution in [0.3, 0.4) is 0 Å². The maximum absolute atomic E-state index is 5.71. The highest BCUT2D eigenvalue weighted by molar-refractivity contribution is 5.52. The molecule has 6 heteroatoms. The van der Waals surface area contributed by atoms with Crippen LogP contribution in [0.25, 0.3) is 0 Å². The van der Waals surface area contributed by atoms with Crippen LogP contribution in [-0.2, 0) is 6.54 Å². The molecule has 0 aliphatic carbocycles. The van der Waals surface area contributed by atoms with Crippen molar-refractivity contribution >= 4 is 17.6 Å². The highest BCUT2D eigenvalue weighted by Crippen LogP contribution is 2.18. The Bertz CT molecular complexity index is 552. The van der Waals surface area contributed by atoms with Gasteiger partial charge in [-0.1, -0.05) is 0 Å². The van der Waals surface area contributed by atoms with E-state index in [-0.39, 0.29) is 5.95 Å². The smallest absolute Gasteiger partial charge is 0.223 e. The Labute approximate surface area is 112 Å². The molecule has 2 rings (SSSR count). The van der Waals surface area contributed by atoms with E-state index in [4.69, 9.17) is 10.2 Å². The average Bonchev–Trinajstić information content (AvgIpc) is 2.74. The molecular formula is C13H19N5O. The van der Waals surface area contributed by atoms with Crippen LogP contribution in [0.1, 0.15) is 18.4 Å². The third-order valence-corrected chi connectivity index (χ3v) is 2.67. The standard InChI is InChI=1S/C13H19N5O/c1-4-15-11-7-12(17-13(14)16-11)18(3)8-10-6-5-9(2)19-10/h5-7H,4,8H2,1-3H3,(H3,14,15,16,17). The van der Waals surface area contributed by atoms with Gasteiger partial charge in [-0.3, -0.25) is 0 Å². The molecule has 2 heterocycles. The number of nitrogens with one attached hydrogen (secondary N) is 1. The Morgan fingerprint density at radius 3 is 2.79 bits per heavy atom. The highest BCUT2D eigenvalue weighted by atomic mass is 16.3. The summed E-state index contributed by atoms with van der Waals surface area (Å²) >= 11 is 0. The van der Waals surface area contributed by atoms with Crippen molar-refractivity contribution in [2.75, 3.05) is 29.5 Å². The molecule has 0 amide bonds. The van der Waals surface area contributed by atoms with Crippen molar-refractivity contribution in [3.8, 4) is 0 Å². The molecule has 0 saturated heterocycles. The SMILES string of the molecule is CCNc1cc(N(C)Cc2ccc(C)o2)nc(N)n1. The van der Waals surface area contributed by atoms with Crippen LogP contribution in [0, 0.1) is 6.92 Å². The van der Waals surface area contributed by atoms with Crippen molar-refractivity contribution in [1.82, 2.24) is 9.97 Å². The molecule has 2 aromatic heterocycles. The lowest BCUT2D eigenvalue weighted by Crippen LogP contribution is -2.18. The summed E-state index contributed by atoms with van der Waals surface area (Å²) in [4.78, 5) is 10.3. The Morgan fingerprint density at radius 1 is 1.37 bits per heavy atom. The Hall–Kier alpha value is -2.24. The summed E-state index contributed by atoms with van der Waals surface area (Å²) < 4.78 is 5.55. The Kier molecular flexibility index (Phi) is 3.89. The van der Waals surface area contributed by atoms with E-state index in [0.717, 1.165) is 29.7 Å². The van der Waals surface area contributed by atoms with Crippen LogP contribution >= 0.6 is 0 Å². The molecule has 0 fully saturated rings. The summed E-state index contributed by atoms with van der Waals surface area (Å²) in [5.74, 6) is 3.54. The largest absolute Gasteiger partial charge is 0.464 e. The normalized spacial score (nSPS) is 10.5. The first-order chi connectivity index (χ1) is 9.08. The van der Waals surface area contributed by atoms with E-state index in [1.165, 1.54) is 0 Å². The van der Waals surface area contributed by atoms with E-state index in [1.54, 1.807) is 0 Å². The first-order valence-corrected chi connectivity index (χ1v) is 6.23. The minimum absolute atomic E-state index is 0.260. The van der Waals surface area contributed by atoms with Crippen molar-refractivity contribution in [2.45, 2.75) is 20.4 Å². The number of aromatic nitrogens is 2. The first kappa shape index (κ1) is 13.2. The minimum atomic E-state index is 0.260. The second kappa shape index (κ2) is 5.60. The van der Waals surface area contributed by atoms with Crippen molar-refractivity contribution in [3.63, 3.8) is 0 Å². The number of hydrogen-bond acceptors (Lipinski definition) is 6. The fourth-order valence-electron chi connectivity index (χ4n) is 1.80. The molecule has 2 aromatic rings. The summed E-state index contributed by atoms with van der Waals surface area (Å²) in [6.45, 7) is 5.36. The summed E-state index contributed by atoms with van der Waals surface area (Å²) in [6.07, 6.45) is 0. The number of nitrogens with zero attached hydrogens (tertiary/aromatic N) is 3. The second-order valence-electron chi connectivity index (χ2n) is 4.37. The first-order valence-electron chi connectivity index (χ1n) is 6.23. The van der Waals surface area contributed by atoms with Gasteiger partial charge in [0.15, 0.2) is 0 Å². The quantitative estimate of drug-likeness (QED) is 0.857. The van der Waals surface area contributed by atoms with Crippen molar-refractivity contribution in [2.24, 2.45) is 0 Å². The van der Waals surface area contributed by atoms with Crippen LogP contribution in [0.2, 0.25) is 0 Å². The van der Waals surface area contributed by atoms with Crippen LogP contribution in [-0.4, -0.2) is 23.6 Å². The summed E-state index contributed by atoms with van der Waals surface area (Å²) in [7, 11) is 1.94. The van der Waals surface area contributed by atoms with Crippen molar-refractivity contribution in [3.05, 3.63) is 29.7 Å². The van der Waals surface area contributed by atoms with Gasteiger partial charge in [-0.2, -0.15) is 9.97 Å². The summed E-state index contributed by atoms with van der Waals surface area (Å²) in [6, 6.07) is 5.78. The fourth-order valence-corrected chi connectivity index (χ4v) is 1.80. The molecule has 6 nitrogen and oxygen atoms in total. The van der Waals surface area contributed by atoms with Gasteiger partial charge in [0, 0.05) is 19.7 Å². The topological polar surface area (TPSA) is 80.2 Å². The highest BCUT2D eigenvalue weighted by Gasteiger charge is 2.09. The van der Waals surface area contributed by atoms with E-state index >= 15 is 0 Å². The maximum atomic E-state index is 5.71. The van der Waals surface area contributed by atoms with Gasteiger partial charge in [0.25, 0.3) is 0 Å². The van der Waals surface area contributed by atoms with Gasteiger partial charge < -0.3 is 20.4 Å². The van der Waals surface area contributed by atoms with Gasteiger partial charge in [0.2, 0.25) is 5.95 Å². The van der Waals surface area contributed by atoms with E-state index in [2.05, 4.69) is 15.3 Å². The van der Waals surface area contributed by atoms with Crippen molar-refractivity contribution in [1.29, 1.82) is 0 Å². The molecular weight excluding hydrogens is 242 g/mol. The number of anilines is 3. The molecule has 0 aliphatic heterocycles. The Morgan fingerprint density at radius 2 is 2.16 bits per heavy atom. The third-order valence-electron chi connectivity index (χ3n) is 2.67. The molecule has 0 aliphatic rings. The molecule has 0 saturated carbocycles. The van der Waals surface area contributed by atoms with Crippen LogP contribution in [0.4, 0.5) is 17.6 Å². The van der Waals surface area contributed by atoms with Gasteiger partial charge in [-0.15, -0.1) is 0 Å². The summed E-state index contributed by atoms with van der Waals surface area (Å²) in [5, 5.41) is 3.13. The number of hydrogen-bond donors (Lipinski definition) is 2. The number of furan rings is 1. The molecule has 0 unspecified atom stereocenters. The molecule has 0 radical (unpaired) electrons. The van der Waals surface area contributed by atoms with Gasteiger partial charge in [-0.25, -0.2) is 0 Å². The van der Waals surface area contributed by atoms with E-state index < -0.39 is 0 Å². The van der Waals surface area contributed by atoms with Crippen LogP contribution in [0.5, 0.6) is 0 Å². The minimum Gasteiger partial charge on any atom is -0.464 e. The molecule has 19 heavy (non-hydrogen) atoms. The number of aryl methyl sites for hydroxylation is 1. The van der Waals surface area contributed by atoms with E-state index in [1.807, 2.05) is 44.0 Å². The van der Waals surface area contributed by atoms with Gasteiger partial charge in [-0.05, 0) is 26.0 Å². The monoisotopic (exact) mass is 261 g/mol. The van der Waals surface area contributed by atoms with Gasteiger partial charge in [0.05, 0.1) is 6.54 Å². The van der Waals surface area contributed by atoms with Crippen molar-refractivity contribution < 1.29 is 4.42 Å². The van der Waals surface area contributed by atoms with E-state index in [9.17, 15) is 0 Å². The van der Waals surface area contributed by atoms with Crippen LogP contribution < -0.4 is 16.0 Å². The predicted octanol–water partition coefficient (Wildman–Crippen LogP) is 2.03. The predicted molar refractivity (Wildman–Crippen MR) is 76.2 cm³/mol. The average molecular weight is 261 g/mol. The molecule has 102 valence electrons. The Balaban J connectivity index is 2.15. The maximum Gasteiger partial charge on any atom is 0.223 e. The summed E-state index contributed by atoms with van der Waals surface area (Å²) in [5.41, 5.74) is 5.71. The molecule has 0 bridgehead atoms. The van der Waals surface area contributed by atoms with E-state index in [0.29, 0.717) is 6.54 Å². The lowest BCUT2D eigenvalue weighted by Gasteiger charge is -2.17. The zero-order valence-electron chi connectivity index (χ0n) is 11.5. The number of rotatable bonds is 5. The number of nitrogens with two attached hydrogens (primary N) is 1. The molecule has 0 aromatic carbocycles. The van der Waals surface area contributed by atoms with Gasteiger partial charge >= 0.3 is 0 Å². The lowest BCUT2D eigenvalue weighted by atomic mass is 10.4.